The van der Waals surface area contributed by atoms with Crippen molar-refractivity contribution in [2.24, 2.45) is 23.7 Å². The van der Waals surface area contributed by atoms with E-state index in [1.807, 2.05) is 24.3 Å². The SMILES string of the molecule is COc1ccc(N2C(=O)[C@H]3[C@@H](C2=S)[C@@H](C)C=C[C@H]3C)cc1. The van der Waals surface area contributed by atoms with E-state index in [0.29, 0.717) is 5.92 Å². The maximum Gasteiger partial charge on any atom is 0.236 e. The van der Waals surface area contributed by atoms with E-state index in [2.05, 4.69) is 26.0 Å². The summed E-state index contributed by atoms with van der Waals surface area (Å²) in [6.45, 7) is 4.23. The summed E-state index contributed by atoms with van der Waals surface area (Å²) in [6, 6.07) is 7.50. The van der Waals surface area contributed by atoms with E-state index < -0.39 is 0 Å². The lowest BCUT2D eigenvalue weighted by molar-refractivity contribution is -0.122. The summed E-state index contributed by atoms with van der Waals surface area (Å²) < 4.78 is 5.17. The number of benzene rings is 1. The second-order valence-electron chi connectivity index (χ2n) is 5.86. The number of amides is 1. The van der Waals surface area contributed by atoms with Gasteiger partial charge in [-0.25, -0.2) is 0 Å². The van der Waals surface area contributed by atoms with Crippen LogP contribution in [0.25, 0.3) is 0 Å². The highest BCUT2D eigenvalue weighted by Gasteiger charge is 2.50. The predicted octanol–water partition coefficient (Wildman–Crippen LogP) is 3.44. The molecular formula is C17H19NO2S. The molecule has 0 saturated carbocycles. The topological polar surface area (TPSA) is 29.5 Å². The van der Waals surface area contributed by atoms with Gasteiger partial charge in [0.05, 0.1) is 18.0 Å². The van der Waals surface area contributed by atoms with Crippen molar-refractivity contribution in [2.45, 2.75) is 13.8 Å². The molecule has 0 N–H and O–H groups in total. The van der Waals surface area contributed by atoms with Crippen LogP contribution >= 0.6 is 12.2 Å². The van der Waals surface area contributed by atoms with Gasteiger partial charge in [0.1, 0.15) is 5.75 Å². The van der Waals surface area contributed by atoms with Crippen molar-refractivity contribution in [3.8, 4) is 5.75 Å². The summed E-state index contributed by atoms with van der Waals surface area (Å²) in [5.74, 6) is 1.55. The lowest BCUT2D eigenvalue weighted by atomic mass is 9.73. The molecule has 4 heteroatoms. The number of ether oxygens (including phenoxy) is 1. The van der Waals surface area contributed by atoms with Crippen LogP contribution in [-0.4, -0.2) is 18.0 Å². The maximum absolute atomic E-state index is 12.8. The number of carbonyl (C=O) groups is 1. The number of methoxy groups -OCH3 is 1. The minimum Gasteiger partial charge on any atom is -0.497 e. The predicted molar refractivity (Wildman–Crippen MR) is 87.5 cm³/mol. The van der Waals surface area contributed by atoms with Crippen molar-refractivity contribution in [3.05, 3.63) is 36.4 Å². The molecule has 0 aromatic heterocycles. The molecule has 0 bridgehead atoms. The molecule has 1 aliphatic heterocycles. The van der Waals surface area contributed by atoms with E-state index in [0.717, 1.165) is 16.4 Å². The molecule has 1 amide bonds. The minimum atomic E-state index is -0.0281. The first-order valence-corrected chi connectivity index (χ1v) is 7.65. The van der Waals surface area contributed by atoms with Crippen LogP contribution in [0.5, 0.6) is 5.75 Å². The van der Waals surface area contributed by atoms with Crippen molar-refractivity contribution in [1.29, 1.82) is 0 Å². The first kappa shape index (κ1) is 14.3. The summed E-state index contributed by atoms with van der Waals surface area (Å²) in [5, 5.41) is 0. The van der Waals surface area contributed by atoms with E-state index in [-0.39, 0.29) is 23.7 Å². The van der Waals surface area contributed by atoms with E-state index in [4.69, 9.17) is 17.0 Å². The first-order valence-electron chi connectivity index (χ1n) is 7.24. The number of allylic oxidation sites excluding steroid dienone is 2. The Balaban J connectivity index is 1.97. The second kappa shape index (κ2) is 5.26. The van der Waals surface area contributed by atoms with Gasteiger partial charge in [-0.2, -0.15) is 0 Å². The third kappa shape index (κ3) is 2.18. The fraction of sp³-hybridized carbons (Fsp3) is 0.412. The molecule has 1 fully saturated rings. The highest BCUT2D eigenvalue weighted by molar-refractivity contribution is 7.80. The monoisotopic (exact) mass is 301 g/mol. The molecule has 1 aromatic carbocycles. The van der Waals surface area contributed by atoms with Crippen LogP contribution in [0.1, 0.15) is 13.8 Å². The molecule has 1 aromatic rings. The zero-order valence-electron chi connectivity index (χ0n) is 12.4. The molecular weight excluding hydrogens is 282 g/mol. The third-order valence-electron chi connectivity index (χ3n) is 4.58. The minimum absolute atomic E-state index is 0.0281. The third-order valence-corrected chi connectivity index (χ3v) is 5.03. The molecule has 4 atom stereocenters. The number of hydrogen-bond acceptors (Lipinski definition) is 3. The van der Waals surface area contributed by atoms with E-state index >= 15 is 0 Å². The molecule has 0 unspecified atom stereocenters. The Bertz CT molecular complexity index is 578. The van der Waals surface area contributed by atoms with Gasteiger partial charge in [0.25, 0.3) is 0 Å². The number of carbonyl (C=O) groups excluding carboxylic acids is 1. The van der Waals surface area contributed by atoms with Crippen molar-refractivity contribution < 1.29 is 9.53 Å². The van der Waals surface area contributed by atoms with Gasteiger partial charge in [-0.15, -0.1) is 0 Å². The van der Waals surface area contributed by atoms with Crippen molar-refractivity contribution in [1.82, 2.24) is 0 Å². The van der Waals surface area contributed by atoms with E-state index in [9.17, 15) is 4.79 Å². The van der Waals surface area contributed by atoms with Gasteiger partial charge in [0.2, 0.25) is 5.91 Å². The molecule has 21 heavy (non-hydrogen) atoms. The number of fused-ring (bicyclic) bond motifs is 1. The summed E-state index contributed by atoms with van der Waals surface area (Å²) in [7, 11) is 1.63. The zero-order valence-corrected chi connectivity index (χ0v) is 13.3. The van der Waals surface area contributed by atoms with E-state index in [1.165, 1.54) is 0 Å². The number of nitrogens with zero attached hydrogens (tertiary/aromatic N) is 1. The van der Waals surface area contributed by atoms with Crippen molar-refractivity contribution >= 4 is 28.8 Å². The van der Waals surface area contributed by atoms with Gasteiger partial charge in [0, 0.05) is 11.6 Å². The molecule has 0 radical (unpaired) electrons. The number of thiocarbonyl (C=S) groups is 1. The van der Waals surface area contributed by atoms with Crippen molar-refractivity contribution in [3.63, 3.8) is 0 Å². The maximum atomic E-state index is 12.8. The average Bonchev–Trinajstić information content (AvgIpc) is 2.76. The summed E-state index contributed by atoms with van der Waals surface area (Å²) in [4.78, 5) is 15.3. The van der Waals surface area contributed by atoms with Crippen LogP contribution in [0.3, 0.4) is 0 Å². The van der Waals surface area contributed by atoms with Crippen molar-refractivity contribution in [2.75, 3.05) is 12.0 Å². The number of rotatable bonds is 2. The Morgan fingerprint density at radius 3 is 2.14 bits per heavy atom. The van der Waals surface area contributed by atoms with Gasteiger partial charge in [0.15, 0.2) is 0 Å². The van der Waals surface area contributed by atoms with Crippen LogP contribution in [0.2, 0.25) is 0 Å². The normalized spacial score (nSPS) is 31.5. The van der Waals surface area contributed by atoms with Crippen LogP contribution in [0.15, 0.2) is 36.4 Å². The average molecular weight is 301 g/mol. The van der Waals surface area contributed by atoms with Gasteiger partial charge in [-0.1, -0.05) is 38.2 Å². The van der Waals surface area contributed by atoms with Gasteiger partial charge in [-0.05, 0) is 36.1 Å². The summed E-state index contributed by atoms with van der Waals surface area (Å²) in [5.41, 5.74) is 0.833. The summed E-state index contributed by atoms with van der Waals surface area (Å²) in [6.07, 6.45) is 4.33. The largest absolute Gasteiger partial charge is 0.497 e. The molecule has 0 spiro atoms. The van der Waals surface area contributed by atoms with Gasteiger partial charge in [-0.3, -0.25) is 9.69 Å². The highest BCUT2D eigenvalue weighted by Crippen LogP contribution is 2.43. The second-order valence-corrected chi connectivity index (χ2v) is 6.28. The Morgan fingerprint density at radius 1 is 1.05 bits per heavy atom. The zero-order chi connectivity index (χ0) is 15.1. The fourth-order valence-electron chi connectivity index (χ4n) is 3.39. The standard InChI is InChI=1S/C17H19NO2S/c1-10-4-5-11(2)15-14(10)16(19)18(17(15)21)12-6-8-13(20-3)9-7-12/h4-11,14-15H,1-3H3/t10-,11+,14-,15+/m1/s1. The molecule has 3 nitrogen and oxygen atoms in total. The molecule has 1 heterocycles. The molecule has 3 rings (SSSR count). The molecule has 1 aliphatic carbocycles. The molecule has 110 valence electrons. The molecule has 1 saturated heterocycles. The lowest BCUT2D eigenvalue weighted by Crippen LogP contribution is -2.31. The lowest BCUT2D eigenvalue weighted by Gasteiger charge is -2.28. The highest BCUT2D eigenvalue weighted by atomic mass is 32.1. The van der Waals surface area contributed by atoms with Crippen LogP contribution in [0, 0.1) is 23.7 Å². The van der Waals surface area contributed by atoms with E-state index in [1.54, 1.807) is 12.0 Å². The van der Waals surface area contributed by atoms with Gasteiger partial charge < -0.3 is 4.74 Å². The Hall–Kier alpha value is -1.68. The quantitative estimate of drug-likeness (QED) is 0.619. The smallest absolute Gasteiger partial charge is 0.236 e. The molecule has 2 aliphatic rings. The summed E-state index contributed by atoms with van der Waals surface area (Å²) >= 11 is 5.63. The Kier molecular flexibility index (Phi) is 3.57. The number of hydrogen-bond donors (Lipinski definition) is 0. The fourth-order valence-corrected chi connectivity index (χ4v) is 3.95. The van der Waals surface area contributed by atoms with Gasteiger partial charge >= 0.3 is 0 Å². The van der Waals surface area contributed by atoms with Crippen LogP contribution in [0.4, 0.5) is 5.69 Å². The van der Waals surface area contributed by atoms with Crippen LogP contribution in [-0.2, 0) is 4.79 Å². The Morgan fingerprint density at radius 2 is 1.62 bits per heavy atom. The van der Waals surface area contributed by atoms with Crippen LogP contribution < -0.4 is 9.64 Å². The Labute approximate surface area is 130 Å². The number of anilines is 1. The first-order chi connectivity index (χ1) is 10.0.